The van der Waals surface area contributed by atoms with E-state index in [1.165, 1.54) is 0 Å². The maximum absolute atomic E-state index is 12.6. The first-order valence-corrected chi connectivity index (χ1v) is 10.4. The standard InChI is InChI=1S/C25H33NO4/c1-15-16(2)22-19(12-20(15)26-21(28)13-23(3,4)5)25(29,24(6,7)30-22)18-10-8-9-17(11-18)14-27/h8-12,27,29H,13-14H2,1-7H3,(H,26,28). The van der Waals surface area contributed by atoms with Crippen LogP contribution in [0.4, 0.5) is 5.69 Å². The van der Waals surface area contributed by atoms with Gasteiger partial charge in [-0.15, -0.1) is 0 Å². The molecule has 0 spiro atoms. The highest BCUT2D eigenvalue weighted by molar-refractivity contribution is 5.92. The molecule has 162 valence electrons. The number of rotatable bonds is 4. The van der Waals surface area contributed by atoms with Gasteiger partial charge in [-0.25, -0.2) is 0 Å². The lowest BCUT2D eigenvalue weighted by Crippen LogP contribution is -2.47. The van der Waals surface area contributed by atoms with Crippen molar-refractivity contribution in [2.24, 2.45) is 5.41 Å². The normalized spacial score (nSPS) is 19.9. The van der Waals surface area contributed by atoms with E-state index in [2.05, 4.69) is 5.32 Å². The summed E-state index contributed by atoms with van der Waals surface area (Å²) in [5.41, 5.74) is 1.97. The molecule has 3 rings (SSSR count). The molecular formula is C25H33NO4. The van der Waals surface area contributed by atoms with Crippen molar-refractivity contribution in [1.29, 1.82) is 0 Å². The van der Waals surface area contributed by atoms with Gasteiger partial charge < -0.3 is 20.3 Å². The van der Waals surface area contributed by atoms with Crippen LogP contribution in [0.1, 0.15) is 68.9 Å². The van der Waals surface area contributed by atoms with Crippen molar-refractivity contribution in [3.05, 3.63) is 58.1 Å². The minimum absolute atomic E-state index is 0.0612. The first kappa shape index (κ1) is 22.3. The predicted molar refractivity (Wildman–Crippen MR) is 119 cm³/mol. The van der Waals surface area contributed by atoms with Crippen LogP contribution >= 0.6 is 0 Å². The van der Waals surface area contributed by atoms with Crippen LogP contribution < -0.4 is 10.1 Å². The second-order valence-electron chi connectivity index (χ2n) is 10.0. The highest BCUT2D eigenvalue weighted by Gasteiger charge is 2.56. The van der Waals surface area contributed by atoms with Gasteiger partial charge in [0.15, 0.2) is 5.60 Å². The third kappa shape index (κ3) is 3.72. The van der Waals surface area contributed by atoms with Crippen LogP contribution in [0.2, 0.25) is 0 Å². The quantitative estimate of drug-likeness (QED) is 0.688. The van der Waals surface area contributed by atoms with Crippen LogP contribution in [0, 0.1) is 19.3 Å². The van der Waals surface area contributed by atoms with Crippen molar-refractivity contribution in [3.63, 3.8) is 0 Å². The molecule has 1 aliphatic rings. The van der Waals surface area contributed by atoms with Gasteiger partial charge >= 0.3 is 0 Å². The minimum atomic E-state index is -1.44. The van der Waals surface area contributed by atoms with Gasteiger partial charge in [-0.1, -0.05) is 45.0 Å². The number of hydrogen-bond donors (Lipinski definition) is 3. The van der Waals surface area contributed by atoms with E-state index in [9.17, 15) is 15.0 Å². The van der Waals surface area contributed by atoms with Crippen LogP contribution in [0.3, 0.4) is 0 Å². The first-order valence-electron chi connectivity index (χ1n) is 10.4. The molecule has 2 aromatic rings. The van der Waals surface area contributed by atoms with Gasteiger partial charge in [-0.05, 0) is 61.4 Å². The fraction of sp³-hybridized carbons (Fsp3) is 0.480. The minimum Gasteiger partial charge on any atom is -0.483 e. The summed E-state index contributed by atoms with van der Waals surface area (Å²) in [4.78, 5) is 12.6. The Balaban J connectivity index is 2.15. The molecule has 0 bridgehead atoms. The molecule has 5 nitrogen and oxygen atoms in total. The van der Waals surface area contributed by atoms with Gasteiger partial charge in [0.1, 0.15) is 11.4 Å². The fourth-order valence-corrected chi connectivity index (χ4v) is 4.15. The molecule has 0 radical (unpaired) electrons. The number of aliphatic hydroxyl groups is 2. The Labute approximate surface area is 179 Å². The molecule has 5 heteroatoms. The average molecular weight is 412 g/mol. The molecule has 0 fully saturated rings. The van der Waals surface area contributed by atoms with Gasteiger partial charge in [-0.3, -0.25) is 4.79 Å². The van der Waals surface area contributed by atoms with Gasteiger partial charge in [0, 0.05) is 17.7 Å². The topological polar surface area (TPSA) is 78.8 Å². The van der Waals surface area contributed by atoms with Crippen LogP contribution in [0.15, 0.2) is 30.3 Å². The molecule has 1 aliphatic heterocycles. The molecule has 3 N–H and O–H groups in total. The Morgan fingerprint density at radius 2 is 1.80 bits per heavy atom. The summed E-state index contributed by atoms with van der Waals surface area (Å²) in [6, 6.07) is 9.10. The van der Waals surface area contributed by atoms with Crippen molar-refractivity contribution < 1.29 is 19.7 Å². The van der Waals surface area contributed by atoms with Crippen molar-refractivity contribution in [3.8, 4) is 5.75 Å². The van der Waals surface area contributed by atoms with Gasteiger partial charge in [-0.2, -0.15) is 0 Å². The van der Waals surface area contributed by atoms with Crippen LogP contribution in [0.25, 0.3) is 0 Å². The lowest BCUT2D eigenvalue weighted by molar-refractivity contribution is -0.117. The van der Waals surface area contributed by atoms with E-state index in [4.69, 9.17) is 4.74 Å². The second-order valence-corrected chi connectivity index (χ2v) is 10.0. The fourth-order valence-electron chi connectivity index (χ4n) is 4.15. The highest BCUT2D eigenvalue weighted by atomic mass is 16.5. The lowest BCUT2D eigenvalue weighted by atomic mass is 9.75. The molecule has 0 aliphatic carbocycles. The largest absolute Gasteiger partial charge is 0.483 e. The zero-order chi connectivity index (χ0) is 22.5. The number of aliphatic hydroxyl groups excluding tert-OH is 1. The molecule has 1 unspecified atom stereocenters. The zero-order valence-corrected chi connectivity index (χ0v) is 19.0. The number of anilines is 1. The highest BCUT2D eigenvalue weighted by Crippen LogP contribution is 2.54. The summed E-state index contributed by atoms with van der Waals surface area (Å²) in [5, 5.41) is 24.6. The molecule has 0 saturated carbocycles. The van der Waals surface area contributed by atoms with Crippen LogP contribution in [-0.4, -0.2) is 21.7 Å². The smallest absolute Gasteiger partial charge is 0.224 e. The van der Waals surface area contributed by atoms with E-state index in [-0.39, 0.29) is 17.9 Å². The summed E-state index contributed by atoms with van der Waals surface area (Å²) >= 11 is 0. The van der Waals surface area contributed by atoms with Crippen LogP contribution in [0.5, 0.6) is 5.75 Å². The number of carbonyl (C=O) groups excluding carboxylic acids is 1. The van der Waals surface area contributed by atoms with Gasteiger partial charge in [0.05, 0.1) is 6.61 Å². The maximum atomic E-state index is 12.6. The summed E-state index contributed by atoms with van der Waals surface area (Å²) in [6.07, 6.45) is 0.396. The number of hydrogen-bond acceptors (Lipinski definition) is 4. The Morgan fingerprint density at radius 3 is 2.40 bits per heavy atom. The van der Waals surface area contributed by atoms with Gasteiger partial charge in [0.25, 0.3) is 0 Å². The summed E-state index contributed by atoms with van der Waals surface area (Å²) in [7, 11) is 0. The van der Waals surface area contributed by atoms with E-state index in [1.807, 2.05) is 72.7 Å². The Morgan fingerprint density at radius 1 is 1.13 bits per heavy atom. The average Bonchev–Trinajstić information content (AvgIpc) is 2.85. The Bertz CT molecular complexity index is 987. The summed E-state index contributed by atoms with van der Waals surface area (Å²) in [6.45, 7) is 13.6. The maximum Gasteiger partial charge on any atom is 0.224 e. The summed E-state index contributed by atoms with van der Waals surface area (Å²) < 4.78 is 6.26. The Kier molecular flexibility index (Phi) is 5.50. The number of nitrogens with one attached hydrogen (secondary N) is 1. The molecule has 1 amide bonds. The van der Waals surface area contributed by atoms with Crippen LogP contribution in [-0.2, 0) is 17.0 Å². The van der Waals surface area contributed by atoms with E-state index in [0.717, 1.165) is 11.1 Å². The molecule has 30 heavy (non-hydrogen) atoms. The second kappa shape index (κ2) is 7.40. The monoisotopic (exact) mass is 411 g/mol. The predicted octanol–water partition coefficient (Wildman–Crippen LogP) is 4.58. The molecule has 0 saturated heterocycles. The number of amides is 1. The van der Waals surface area contributed by atoms with Crippen molar-refractivity contribution in [2.45, 2.75) is 72.7 Å². The zero-order valence-electron chi connectivity index (χ0n) is 19.0. The molecular weight excluding hydrogens is 378 g/mol. The Hall–Kier alpha value is -2.37. The molecule has 1 atom stereocenters. The first-order chi connectivity index (χ1) is 13.8. The van der Waals surface area contributed by atoms with Crippen molar-refractivity contribution >= 4 is 11.6 Å². The third-order valence-electron chi connectivity index (χ3n) is 5.95. The molecule has 2 aromatic carbocycles. The molecule has 0 aromatic heterocycles. The number of carbonyl (C=O) groups is 1. The van der Waals surface area contributed by atoms with Gasteiger partial charge in [0.2, 0.25) is 5.91 Å². The number of fused-ring (bicyclic) bond motifs is 1. The van der Waals surface area contributed by atoms with E-state index < -0.39 is 11.2 Å². The van der Waals surface area contributed by atoms with E-state index in [0.29, 0.717) is 34.5 Å². The lowest BCUT2D eigenvalue weighted by Gasteiger charge is -2.36. The molecule has 1 heterocycles. The number of benzene rings is 2. The van der Waals surface area contributed by atoms with E-state index >= 15 is 0 Å². The number of ether oxygens (including phenoxy) is 1. The SMILES string of the molecule is Cc1c(NC(=O)CC(C)(C)C)cc2c(c1C)OC(C)(C)C2(O)c1cccc(CO)c1. The van der Waals surface area contributed by atoms with Crippen molar-refractivity contribution in [1.82, 2.24) is 0 Å². The van der Waals surface area contributed by atoms with E-state index in [1.54, 1.807) is 6.07 Å². The summed E-state index contributed by atoms with van der Waals surface area (Å²) in [5.74, 6) is 0.581. The third-order valence-corrected chi connectivity index (χ3v) is 5.95. The van der Waals surface area contributed by atoms with Crippen molar-refractivity contribution in [2.75, 3.05) is 5.32 Å².